The number of carbonyl (C=O) groups is 2. The van der Waals surface area contributed by atoms with Crippen molar-refractivity contribution in [1.82, 2.24) is 5.06 Å². The van der Waals surface area contributed by atoms with Crippen molar-refractivity contribution in [3.63, 3.8) is 0 Å². The maximum Gasteiger partial charge on any atom is 0.267 e. The number of hydrogen-bond acceptors (Lipinski definition) is 5. The van der Waals surface area contributed by atoms with Gasteiger partial charge in [-0.1, -0.05) is 28.1 Å². The monoisotopic (exact) mass is 375 g/mol. The first-order valence-corrected chi connectivity index (χ1v) is 9.27. The molecule has 114 valence electrons. The smallest absolute Gasteiger partial charge is 0.267 e. The van der Waals surface area contributed by atoms with Gasteiger partial charge in [-0.3, -0.25) is 19.4 Å². The molecule has 0 spiro atoms. The summed E-state index contributed by atoms with van der Waals surface area (Å²) in [6, 6.07) is 6.73. The van der Waals surface area contributed by atoms with Crippen LogP contribution < -0.4 is 0 Å². The van der Waals surface area contributed by atoms with Crippen LogP contribution in [0.25, 0.3) is 0 Å². The lowest BCUT2D eigenvalue weighted by Gasteiger charge is -2.22. The highest BCUT2D eigenvalue weighted by Gasteiger charge is 2.55. The summed E-state index contributed by atoms with van der Waals surface area (Å²) in [7, 11) is -3.39. The second-order valence-corrected chi connectivity index (χ2v) is 8.34. The summed E-state index contributed by atoms with van der Waals surface area (Å²) < 4.78 is 18.6. The highest BCUT2D eigenvalue weighted by atomic mass is 79.9. The van der Waals surface area contributed by atoms with Crippen LogP contribution in [-0.2, 0) is 18.7 Å². The molecule has 1 aliphatic heterocycles. The van der Waals surface area contributed by atoms with Gasteiger partial charge in [-0.25, -0.2) is 0 Å². The van der Waals surface area contributed by atoms with Gasteiger partial charge in [0.15, 0.2) is 0 Å². The van der Waals surface area contributed by atoms with Gasteiger partial charge < -0.3 is 4.52 Å². The molecule has 2 rings (SSSR count). The predicted octanol–water partition coefficient (Wildman–Crippen LogP) is 2.60. The third-order valence-corrected chi connectivity index (χ3v) is 6.20. The van der Waals surface area contributed by atoms with Crippen LogP contribution in [0.4, 0.5) is 0 Å². The Labute approximate surface area is 130 Å². The van der Waals surface area contributed by atoms with Gasteiger partial charge in [-0.2, -0.15) is 5.06 Å². The second-order valence-electron chi connectivity index (χ2n) is 4.79. The minimum Gasteiger partial charge on any atom is -0.328 e. The van der Waals surface area contributed by atoms with Gasteiger partial charge >= 0.3 is 0 Å². The van der Waals surface area contributed by atoms with Crippen LogP contribution in [0, 0.1) is 0 Å². The summed E-state index contributed by atoms with van der Waals surface area (Å²) >= 11 is 3.28. The minimum atomic E-state index is -3.39. The average Bonchev–Trinajstić information content (AvgIpc) is 2.65. The highest BCUT2D eigenvalue weighted by Crippen LogP contribution is 2.56. The van der Waals surface area contributed by atoms with E-state index < -0.39 is 30.8 Å². The van der Waals surface area contributed by atoms with Gasteiger partial charge in [0, 0.05) is 11.1 Å². The standard InChI is InChI=1S/C13H15BrNO5P/c1-3-20-21(2,19)11-10(12(16)15(18)13(11)17)8-4-6-9(14)7-5-8/h4-7,10-11,18H,3H2,1-2H3/t10?,11-,21?/m1/s1. The van der Waals surface area contributed by atoms with Gasteiger partial charge in [0.1, 0.15) is 5.66 Å². The Morgan fingerprint density at radius 1 is 1.29 bits per heavy atom. The Balaban J connectivity index is 2.49. The van der Waals surface area contributed by atoms with Crippen LogP contribution in [0.5, 0.6) is 0 Å². The van der Waals surface area contributed by atoms with Crippen LogP contribution in [-0.4, -0.2) is 41.0 Å². The molecule has 0 aromatic heterocycles. The van der Waals surface area contributed by atoms with Gasteiger partial charge in [0.25, 0.3) is 11.8 Å². The Morgan fingerprint density at radius 2 is 1.86 bits per heavy atom. The van der Waals surface area contributed by atoms with E-state index in [4.69, 9.17) is 4.52 Å². The topological polar surface area (TPSA) is 83.9 Å². The Bertz CT molecular complexity index is 617. The number of amides is 2. The van der Waals surface area contributed by atoms with E-state index in [0.717, 1.165) is 4.47 Å². The Morgan fingerprint density at radius 3 is 2.38 bits per heavy atom. The average molecular weight is 376 g/mol. The molecule has 1 heterocycles. The fraction of sp³-hybridized carbons (Fsp3) is 0.385. The minimum absolute atomic E-state index is 0.0482. The first-order valence-electron chi connectivity index (χ1n) is 6.33. The van der Waals surface area contributed by atoms with Crippen molar-refractivity contribution in [2.45, 2.75) is 18.5 Å². The van der Waals surface area contributed by atoms with E-state index in [1.807, 2.05) is 0 Å². The highest BCUT2D eigenvalue weighted by molar-refractivity contribution is 9.10. The lowest BCUT2D eigenvalue weighted by atomic mass is 9.97. The number of hydroxylamine groups is 2. The molecule has 1 aliphatic rings. The van der Waals surface area contributed by atoms with Gasteiger partial charge in [0.2, 0.25) is 7.37 Å². The molecular weight excluding hydrogens is 361 g/mol. The summed E-state index contributed by atoms with van der Waals surface area (Å²) in [6.07, 6.45) is 0. The zero-order valence-corrected chi connectivity index (χ0v) is 14.0. The number of hydrogen-bond donors (Lipinski definition) is 1. The predicted molar refractivity (Wildman–Crippen MR) is 79.5 cm³/mol. The maximum absolute atomic E-state index is 12.6. The van der Waals surface area contributed by atoms with E-state index in [2.05, 4.69) is 15.9 Å². The quantitative estimate of drug-likeness (QED) is 0.496. The molecule has 0 bridgehead atoms. The largest absolute Gasteiger partial charge is 0.328 e. The lowest BCUT2D eigenvalue weighted by Crippen LogP contribution is -2.28. The van der Waals surface area contributed by atoms with Gasteiger partial charge in [-0.15, -0.1) is 0 Å². The third-order valence-electron chi connectivity index (χ3n) is 3.37. The summed E-state index contributed by atoms with van der Waals surface area (Å²) in [5.74, 6) is -2.67. The van der Waals surface area contributed by atoms with E-state index >= 15 is 0 Å². The van der Waals surface area contributed by atoms with Gasteiger partial charge in [0.05, 0.1) is 12.5 Å². The molecule has 1 aromatic rings. The molecule has 0 aliphatic carbocycles. The zero-order chi connectivity index (χ0) is 15.8. The number of carbonyl (C=O) groups excluding carboxylic acids is 2. The molecule has 2 unspecified atom stereocenters. The van der Waals surface area contributed by atoms with Crippen molar-refractivity contribution in [2.75, 3.05) is 13.3 Å². The SMILES string of the molecule is CCOP(C)(=O)[C@H]1C(=O)N(O)C(=O)C1c1ccc(Br)cc1. The molecule has 1 fully saturated rings. The van der Waals surface area contributed by atoms with Gasteiger partial charge in [-0.05, 0) is 24.6 Å². The van der Waals surface area contributed by atoms with Crippen LogP contribution >= 0.6 is 23.3 Å². The summed E-state index contributed by atoms with van der Waals surface area (Å²) in [6.45, 7) is 3.13. The van der Waals surface area contributed by atoms with Crippen molar-refractivity contribution in [3.8, 4) is 0 Å². The van der Waals surface area contributed by atoms with Crippen LogP contribution in [0.15, 0.2) is 28.7 Å². The molecule has 21 heavy (non-hydrogen) atoms. The van der Waals surface area contributed by atoms with E-state index in [-0.39, 0.29) is 11.7 Å². The van der Waals surface area contributed by atoms with E-state index in [1.165, 1.54) is 6.66 Å². The summed E-state index contributed by atoms with van der Waals surface area (Å²) in [4.78, 5) is 24.2. The van der Waals surface area contributed by atoms with E-state index in [9.17, 15) is 19.4 Å². The maximum atomic E-state index is 12.6. The van der Waals surface area contributed by atoms with Crippen molar-refractivity contribution in [1.29, 1.82) is 0 Å². The van der Waals surface area contributed by atoms with E-state index in [0.29, 0.717) is 5.56 Å². The molecule has 0 saturated carbocycles. The Hall–Kier alpha value is -1.01. The number of imide groups is 1. The third kappa shape index (κ3) is 2.97. The molecule has 1 saturated heterocycles. The number of nitrogens with zero attached hydrogens (tertiary/aromatic N) is 1. The van der Waals surface area contributed by atoms with Crippen molar-refractivity contribution in [3.05, 3.63) is 34.3 Å². The number of halogens is 1. The molecule has 0 radical (unpaired) electrons. The van der Waals surface area contributed by atoms with Crippen molar-refractivity contribution < 1.29 is 23.9 Å². The molecule has 6 nitrogen and oxygen atoms in total. The molecular formula is C13H15BrNO5P. The Kier molecular flexibility index (Phi) is 4.68. The van der Waals surface area contributed by atoms with Crippen LogP contribution in [0.3, 0.4) is 0 Å². The molecule has 1 aromatic carbocycles. The summed E-state index contributed by atoms with van der Waals surface area (Å²) in [5.41, 5.74) is -0.684. The fourth-order valence-electron chi connectivity index (χ4n) is 2.45. The first kappa shape index (κ1) is 16.4. The summed E-state index contributed by atoms with van der Waals surface area (Å²) in [5, 5.41) is 9.65. The van der Waals surface area contributed by atoms with Crippen molar-refractivity contribution >= 4 is 35.1 Å². The molecule has 3 atom stereocenters. The van der Waals surface area contributed by atoms with Crippen LogP contribution in [0.1, 0.15) is 18.4 Å². The van der Waals surface area contributed by atoms with Crippen LogP contribution in [0.2, 0.25) is 0 Å². The molecule has 1 N–H and O–H groups in total. The first-order chi connectivity index (χ1) is 9.79. The fourth-order valence-corrected chi connectivity index (χ4v) is 4.74. The molecule has 8 heteroatoms. The number of benzene rings is 1. The lowest BCUT2D eigenvalue weighted by molar-refractivity contribution is -0.171. The van der Waals surface area contributed by atoms with Crippen molar-refractivity contribution in [2.24, 2.45) is 0 Å². The van der Waals surface area contributed by atoms with E-state index in [1.54, 1.807) is 31.2 Å². The normalized spacial score (nSPS) is 25.2. The molecule has 2 amide bonds. The second kappa shape index (κ2) is 6.01. The zero-order valence-electron chi connectivity index (χ0n) is 11.5. The number of rotatable bonds is 4.